The molecule has 0 amide bonds. The molecule has 4 fully saturated rings. The Hall–Kier alpha value is -2.09. The van der Waals surface area contributed by atoms with E-state index < -0.39 is 70.3 Å². The van der Waals surface area contributed by atoms with Crippen LogP contribution in [0.15, 0.2) is 29.8 Å². The summed E-state index contributed by atoms with van der Waals surface area (Å²) in [6.07, 6.45) is -1.67. The van der Waals surface area contributed by atoms with Crippen LogP contribution in [0.2, 0.25) is 0 Å². The number of nitrogens with one attached hydrogen (secondary N) is 1. The minimum Gasteiger partial charge on any atom is -0.508 e. The lowest BCUT2D eigenvalue weighted by Gasteiger charge is -2.62. The van der Waals surface area contributed by atoms with Gasteiger partial charge in [0.25, 0.3) is 0 Å². The van der Waals surface area contributed by atoms with Crippen LogP contribution in [0.5, 0.6) is 11.5 Å². The van der Waals surface area contributed by atoms with Crippen molar-refractivity contribution in [1.82, 2.24) is 5.32 Å². The monoisotopic (exact) mass is 673 g/mol. The molecule has 0 radical (unpaired) electrons. The number of carbonyl (C=O) groups is 1. The van der Waals surface area contributed by atoms with Crippen molar-refractivity contribution in [3.05, 3.63) is 35.4 Å². The number of carbonyl (C=O) groups excluding carboxylic acids is 1. The number of aliphatic hydroxyl groups is 6. The van der Waals surface area contributed by atoms with E-state index in [1.807, 2.05) is 27.8 Å². The highest BCUT2D eigenvalue weighted by Gasteiger charge is 2.76. The molecule has 3 saturated carbocycles. The van der Waals surface area contributed by atoms with Gasteiger partial charge in [0.05, 0.1) is 30.0 Å². The zero-order valence-electron chi connectivity index (χ0n) is 28.7. The summed E-state index contributed by atoms with van der Waals surface area (Å²) in [6.45, 7) is 8.29. The average molecular weight is 674 g/mol. The van der Waals surface area contributed by atoms with Crippen molar-refractivity contribution in [1.29, 1.82) is 0 Å². The molecule has 48 heavy (non-hydrogen) atoms. The van der Waals surface area contributed by atoms with E-state index in [1.54, 1.807) is 0 Å². The molecule has 1 saturated heterocycles. The van der Waals surface area contributed by atoms with Gasteiger partial charge in [-0.1, -0.05) is 27.7 Å². The number of aromatic hydroxyl groups is 2. The van der Waals surface area contributed by atoms with E-state index in [2.05, 4.69) is 12.2 Å². The van der Waals surface area contributed by atoms with Crippen LogP contribution in [0.1, 0.15) is 77.7 Å². The van der Waals surface area contributed by atoms with E-state index >= 15 is 0 Å². The largest absolute Gasteiger partial charge is 0.508 e. The zero-order chi connectivity index (χ0) is 35.1. The highest BCUT2D eigenvalue weighted by molar-refractivity contribution is 5.96. The lowest BCUT2D eigenvalue weighted by molar-refractivity contribution is -0.185. The Morgan fingerprint density at radius 2 is 1.73 bits per heavy atom. The standard InChI is InChI=1S/C37H55NO10/c1-18(7-10-38-5)19(2)30(44)33-36(46,9-11-39)32-27(48-33)17-37(47)24-15-25(42)29-28(20-12-21(40)14-22(41)13-20)31(45)26(43)16-34(29,3)23(24)6-8-35(32,37)4/h12-15,18-19,23,26-33,38-41,43-47H,6-11,16-17H2,1-5H3. The van der Waals surface area contributed by atoms with Crippen molar-refractivity contribution in [3.63, 3.8) is 0 Å². The first-order valence-electron chi connectivity index (χ1n) is 17.7. The third-order valence-corrected chi connectivity index (χ3v) is 14.0. The third kappa shape index (κ3) is 5.02. The highest BCUT2D eigenvalue weighted by Crippen LogP contribution is 2.72. The second kappa shape index (κ2) is 12.3. The van der Waals surface area contributed by atoms with Gasteiger partial charge in [-0.15, -0.1) is 0 Å². The molecule has 1 aromatic carbocycles. The number of aliphatic hydroxyl groups excluding tert-OH is 4. The second-order valence-electron chi connectivity index (χ2n) is 16.4. The number of phenols is 2. The van der Waals surface area contributed by atoms with Crippen LogP contribution in [0, 0.1) is 40.4 Å². The number of phenolic OH excluding ortho intramolecular Hbond substituents is 2. The number of hydrogen-bond donors (Lipinski definition) is 9. The minimum absolute atomic E-state index is 0.0388. The minimum atomic E-state index is -1.64. The lowest BCUT2D eigenvalue weighted by atomic mass is 9.43. The SMILES string of the molecule is CNCCC(C)C(C)C(O)C1OC2CC3(O)C4=CC(=O)C5C(c6cc(O)cc(O)c6)C(O)C(O)CC5(C)C4CCC3(C)C2C1(O)CCO. The molecule has 268 valence electrons. The number of rotatable bonds is 9. The smallest absolute Gasteiger partial charge is 0.160 e. The molecule has 6 rings (SSSR count). The first-order chi connectivity index (χ1) is 22.5. The molecule has 0 spiro atoms. The normalized spacial score (nSPS) is 45.4. The summed E-state index contributed by atoms with van der Waals surface area (Å²) in [7, 11) is 1.88. The van der Waals surface area contributed by atoms with Gasteiger partial charge in [0, 0.05) is 48.7 Å². The topological polar surface area (TPSA) is 200 Å². The molecule has 0 bridgehead atoms. The van der Waals surface area contributed by atoms with Gasteiger partial charge >= 0.3 is 0 Å². The first-order valence-corrected chi connectivity index (χ1v) is 17.7. The van der Waals surface area contributed by atoms with E-state index in [0.29, 0.717) is 24.0 Å². The maximum Gasteiger partial charge on any atom is 0.160 e. The van der Waals surface area contributed by atoms with Gasteiger partial charge in [-0.2, -0.15) is 0 Å². The maximum atomic E-state index is 14.3. The Morgan fingerprint density at radius 1 is 1.06 bits per heavy atom. The Labute approximate surface area is 282 Å². The fourth-order valence-electron chi connectivity index (χ4n) is 11.3. The van der Waals surface area contributed by atoms with E-state index in [1.165, 1.54) is 18.2 Å². The van der Waals surface area contributed by atoms with Crippen molar-refractivity contribution in [2.75, 3.05) is 20.2 Å². The summed E-state index contributed by atoms with van der Waals surface area (Å²) in [5, 5.41) is 93.4. The molecular weight excluding hydrogens is 618 g/mol. The second-order valence-corrected chi connectivity index (χ2v) is 16.4. The van der Waals surface area contributed by atoms with Crippen LogP contribution in [-0.2, 0) is 9.53 Å². The first kappa shape index (κ1) is 35.7. The van der Waals surface area contributed by atoms with E-state index in [4.69, 9.17) is 4.74 Å². The zero-order valence-corrected chi connectivity index (χ0v) is 28.7. The molecule has 4 aliphatic carbocycles. The fourth-order valence-corrected chi connectivity index (χ4v) is 11.3. The summed E-state index contributed by atoms with van der Waals surface area (Å²) in [5.74, 6) is -3.54. The summed E-state index contributed by atoms with van der Waals surface area (Å²) in [6, 6.07) is 3.96. The number of allylic oxidation sites excluding steroid dienone is 1. The van der Waals surface area contributed by atoms with Crippen molar-refractivity contribution >= 4 is 5.78 Å². The fraction of sp³-hybridized carbons (Fsp3) is 0.757. The molecule has 11 heteroatoms. The lowest BCUT2D eigenvalue weighted by Crippen LogP contribution is -2.64. The molecule has 1 heterocycles. The van der Waals surface area contributed by atoms with Gasteiger partial charge in [-0.05, 0) is 91.8 Å². The van der Waals surface area contributed by atoms with Gasteiger partial charge in [0.2, 0.25) is 0 Å². The van der Waals surface area contributed by atoms with Crippen molar-refractivity contribution < 1.29 is 50.4 Å². The van der Waals surface area contributed by atoms with Crippen LogP contribution in [0.3, 0.4) is 0 Å². The quantitative estimate of drug-likeness (QED) is 0.185. The van der Waals surface area contributed by atoms with Gasteiger partial charge in [-0.25, -0.2) is 0 Å². The molecule has 0 aromatic heterocycles. The van der Waals surface area contributed by atoms with Crippen LogP contribution < -0.4 is 5.32 Å². The summed E-state index contributed by atoms with van der Waals surface area (Å²) in [4.78, 5) is 14.3. The number of fused-ring (bicyclic) bond motifs is 7. The molecule has 5 aliphatic rings. The Balaban J connectivity index is 1.38. The molecule has 11 nitrogen and oxygen atoms in total. The van der Waals surface area contributed by atoms with Crippen molar-refractivity contribution in [3.8, 4) is 11.5 Å². The van der Waals surface area contributed by atoms with Gasteiger partial charge in [0.1, 0.15) is 23.2 Å². The molecular formula is C37H55NO10. The predicted molar refractivity (Wildman–Crippen MR) is 176 cm³/mol. The Bertz CT molecular complexity index is 1420. The molecule has 9 N–H and O–H groups in total. The van der Waals surface area contributed by atoms with Crippen LogP contribution >= 0.6 is 0 Å². The summed E-state index contributed by atoms with van der Waals surface area (Å²) >= 11 is 0. The van der Waals surface area contributed by atoms with Crippen LogP contribution in [-0.4, -0.2) is 109 Å². The maximum absolute atomic E-state index is 14.3. The number of ketones is 1. The number of benzene rings is 1. The van der Waals surface area contributed by atoms with E-state index in [-0.39, 0.29) is 60.9 Å². The van der Waals surface area contributed by atoms with Gasteiger partial charge in [-0.3, -0.25) is 4.79 Å². The van der Waals surface area contributed by atoms with Crippen LogP contribution in [0.25, 0.3) is 0 Å². The number of ether oxygens (including phenoxy) is 1. The van der Waals surface area contributed by atoms with Crippen LogP contribution in [0.4, 0.5) is 0 Å². The van der Waals surface area contributed by atoms with Gasteiger partial charge in [0.15, 0.2) is 5.78 Å². The Kier molecular flexibility index (Phi) is 9.15. The molecule has 1 aromatic rings. The average Bonchev–Trinajstić information content (AvgIpc) is 3.43. The third-order valence-electron chi connectivity index (χ3n) is 14.0. The molecule has 15 atom stereocenters. The highest BCUT2D eigenvalue weighted by atomic mass is 16.5. The van der Waals surface area contributed by atoms with E-state index in [9.17, 15) is 45.6 Å². The summed E-state index contributed by atoms with van der Waals surface area (Å²) < 4.78 is 6.56. The molecule has 1 aliphatic heterocycles. The predicted octanol–water partition coefficient (Wildman–Crippen LogP) is 1.73. The van der Waals surface area contributed by atoms with Crippen molar-refractivity contribution in [2.24, 2.45) is 40.4 Å². The Morgan fingerprint density at radius 3 is 2.35 bits per heavy atom. The van der Waals surface area contributed by atoms with E-state index in [0.717, 1.165) is 19.0 Å². The van der Waals surface area contributed by atoms with Crippen molar-refractivity contribution in [2.45, 2.75) is 114 Å². The van der Waals surface area contributed by atoms with Gasteiger partial charge < -0.3 is 50.9 Å². The number of hydrogen-bond acceptors (Lipinski definition) is 11. The molecule has 15 unspecified atom stereocenters. The summed E-state index contributed by atoms with van der Waals surface area (Å²) in [5.41, 5.74) is -4.17.